The SMILES string of the molecule is O=c1c2ccccc2nc(-c2ccccc2)n1N=Cc1cc(Cl)cc(Br)c1OCc1ccc(Br)cc1. The van der Waals surface area contributed by atoms with E-state index in [4.69, 9.17) is 21.3 Å². The van der Waals surface area contributed by atoms with E-state index in [1.807, 2.05) is 72.8 Å². The number of benzene rings is 4. The summed E-state index contributed by atoms with van der Waals surface area (Å²) in [5.74, 6) is 1.00. The van der Waals surface area contributed by atoms with E-state index in [1.54, 1.807) is 24.4 Å². The van der Waals surface area contributed by atoms with Crippen LogP contribution in [0, 0.1) is 0 Å². The van der Waals surface area contributed by atoms with Crippen LogP contribution in [0.3, 0.4) is 0 Å². The van der Waals surface area contributed by atoms with Gasteiger partial charge < -0.3 is 4.74 Å². The fourth-order valence-electron chi connectivity index (χ4n) is 3.69. The maximum atomic E-state index is 13.4. The molecule has 4 aromatic carbocycles. The molecule has 0 saturated carbocycles. The minimum absolute atomic E-state index is 0.269. The molecular formula is C28H18Br2ClN3O2. The highest BCUT2D eigenvalue weighted by Gasteiger charge is 2.14. The summed E-state index contributed by atoms with van der Waals surface area (Å²) >= 11 is 13.3. The van der Waals surface area contributed by atoms with E-state index < -0.39 is 0 Å². The Bertz CT molecular complexity index is 1640. The second kappa shape index (κ2) is 10.8. The van der Waals surface area contributed by atoms with Crippen molar-refractivity contribution in [3.05, 3.63) is 126 Å². The summed E-state index contributed by atoms with van der Waals surface area (Å²) in [6.45, 7) is 0.348. The lowest BCUT2D eigenvalue weighted by Gasteiger charge is -2.13. The molecule has 5 aromatic rings. The molecule has 1 heterocycles. The molecule has 0 aliphatic rings. The predicted molar refractivity (Wildman–Crippen MR) is 152 cm³/mol. The first-order chi connectivity index (χ1) is 17.5. The maximum Gasteiger partial charge on any atom is 0.282 e. The zero-order valence-electron chi connectivity index (χ0n) is 18.7. The number of hydrogen-bond acceptors (Lipinski definition) is 4. The van der Waals surface area contributed by atoms with Crippen LogP contribution in [0.25, 0.3) is 22.3 Å². The van der Waals surface area contributed by atoms with Crippen LogP contribution in [0.15, 0.2) is 110 Å². The molecule has 0 amide bonds. The van der Waals surface area contributed by atoms with Gasteiger partial charge in [-0.3, -0.25) is 4.79 Å². The number of para-hydroxylation sites is 1. The van der Waals surface area contributed by atoms with Gasteiger partial charge in [-0.25, -0.2) is 4.98 Å². The number of halogens is 3. The van der Waals surface area contributed by atoms with Gasteiger partial charge in [0.15, 0.2) is 5.82 Å². The van der Waals surface area contributed by atoms with Crippen molar-refractivity contribution in [1.82, 2.24) is 9.66 Å². The van der Waals surface area contributed by atoms with Crippen LogP contribution in [0.5, 0.6) is 5.75 Å². The Balaban J connectivity index is 1.59. The van der Waals surface area contributed by atoms with E-state index in [9.17, 15) is 4.79 Å². The molecule has 178 valence electrons. The van der Waals surface area contributed by atoms with Gasteiger partial charge in [-0.05, 0) is 57.9 Å². The van der Waals surface area contributed by atoms with E-state index in [-0.39, 0.29) is 5.56 Å². The molecule has 0 radical (unpaired) electrons. The van der Waals surface area contributed by atoms with Gasteiger partial charge in [0.1, 0.15) is 12.4 Å². The molecule has 0 atom stereocenters. The first-order valence-electron chi connectivity index (χ1n) is 11.0. The summed E-state index contributed by atoms with van der Waals surface area (Å²) in [6.07, 6.45) is 1.57. The lowest BCUT2D eigenvalue weighted by molar-refractivity contribution is 0.304. The van der Waals surface area contributed by atoms with Crippen molar-refractivity contribution in [2.45, 2.75) is 6.61 Å². The highest BCUT2D eigenvalue weighted by atomic mass is 79.9. The van der Waals surface area contributed by atoms with Crippen LogP contribution in [0.1, 0.15) is 11.1 Å². The van der Waals surface area contributed by atoms with Gasteiger partial charge in [0.25, 0.3) is 5.56 Å². The third-order valence-electron chi connectivity index (χ3n) is 5.43. The van der Waals surface area contributed by atoms with Gasteiger partial charge in [-0.2, -0.15) is 9.78 Å². The highest BCUT2D eigenvalue weighted by Crippen LogP contribution is 2.33. The molecule has 0 bridgehead atoms. The lowest BCUT2D eigenvalue weighted by atomic mass is 10.2. The van der Waals surface area contributed by atoms with Crippen LogP contribution in [0.2, 0.25) is 5.02 Å². The Morgan fingerprint density at radius 2 is 1.67 bits per heavy atom. The van der Waals surface area contributed by atoms with Gasteiger partial charge >= 0.3 is 0 Å². The fraction of sp³-hybridized carbons (Fsp3) is 0.0357. The summed E-state index contributed by atoms with van der Waals surface area (Å²) in [5, 5.41) is 5.55. The molecule has 0 unspecified atom stereocenters. The van der Waals surface area contributed by atoms with E-state index in [2.05, 4.69) is 37.0 Å². The zero-order valence-corrected chi connectivity index (χ0v) is 22.7. The molecule has 0 saturated heterocycles. The molecule has 0 N–H and O–H groups in total. The Kier molecular flexibility index (Phi) is 7.32. The molecule has 5 nitrogen and oxygen atoms in total. The van der Waals surface area contributed by atoms with Crippen LogP contribution >= 0.6 is 43.5 Å². The zero-order chi connectivity index (χ0) is 25.1. The third-order valence-corrected chi connectivity index (χ3v) is 6.77. The second-order valence-corrected chi connectivity index (χ2v) is 10.1. The van der Waals surface area contributed by atoms with Gasteiger partial charge in [0.2, 0.25) is 0 Å². The number of fused-ring (bicyclic) bond motifs is 1. The quantitative estimate of drug-likeness (QED) is 0.182. The molecule has 1 aromatic heterocycles. The van der Waals surface area contributed by atoms with Crippen LogP contribution in [0.4, 0.5) is 0 Å². The molecule has 8 heteroatoms. The fourth-order valence-corrected chi connectivity index (χ4v) is 4.90. The summed E-state index contributed by atoms with van der Waals surface area (Å²) in [5.41, 5.74) is 2.73. The standard InChI is InChI=1S/C28H18Br2ClN3O2/c29-21-12-10-18(11-13-21)17-36-26-20(14-22(31)15-24(26)30)16-32-34-27(19-6-2-1-3-7-19)33-25-9-5-4-8-23(25)28(34)35/h1-16H,17H2. The van der Waals surface area contributed by atoms with Crippen molar-refractivity contribution in [2.75, 3.05) is 0 Å². The first-order valence-corrected chi connectivity index (χ1v) is 12.9. The average Bonchev–Trinajstić information content (AvgIpc) is 2.89. The van der Waals surface area contributed by atoms with Crippen molar-refractivity contribution in [1.29, 1.82) is 0 Å². The topological polar surface area (TPSA) is 56.5 Å². The number of nitrogens with zero attached hydrogens (tertiary/aromatic N) is 3. The van der Waals surface area contributed by atoms with Gasteiger partial charge in [0.05, 0.1) is 21.6 Å². The van der Waals surface area contributed by atoms with Crippen molar-refractivity contribution in [2.24, 2.45) is 5.10 Å². The first kappa shape index (κ1) is 24.4. The minimum Gasteiger partial charge on any atom is -0.487 e. The second-order valence-electron chi connectivity index (χ2n) is 7.90. The number of ether oxygens (including phenoxy) is 1. The number of aromatic nitrogens is 2. The maximum absolute atomic E-state index is 13.4. The molecular weight excluding hydrogens is 606 g/mol. The predicted octanol–water partition coefficient (Wildman–Crippen LogP) is 7.70. The van der Waals surface area contributed by atoms with E-state index in [0.717, 1.165) is 15.6 Å². The summed E-state index contributed by atoms with van der Waals surface area (Å²) in [7, 11) is 0. The monoisotopic (exact) mass is 621 g/mol. The van der Waals surface area contributed by atoms with E-state index in [0.29, 0.717) is 44.1 Å². The molecule has 0 aliphatic heterocycles. The van der Waals surface area contributed by atoms with Crippen molar-refractivity contribution < 1.29 is 4.74 Å². The molecule has 5 rings (SSSR count). The number of hydrogen-bond donors (Lipinski definition) is 0. The van der Waals surface area contributed by atoms with Crippen LogP contribution in [-0.2, 0) is 6.61 Å². The summed E-state index contributed by atoms with van der Waals surface area (Å²) in [6, 6.07) is 28.1. The largest absolute Gasteiger partial charge is 0.487 e. The van der Waals surface area contributed by atoms with Gasteiger partial charge in [0, 0.05) is 20.6 Å². The van der Waals surface area contributed by atoms with E-state index in [1.165, 1.54) is 4.68 Å². The summed E-state index contributed by atoms with van der Waals surface area (Å²) < 4.78 is 9.13. The number of rotatable bonds is 6. The van der Waals surface area contributed by atoms with E-state index >= 15 is 0 Å². The molecule has 0 spiro atoms. The van der Waals surface area contributed by atoms with Crippen LogP contribution < -0.4 is 10.3 Å². The Morgan fingerprint density at radius 3 is 2.44 bits per heavy atom. The summed E-state index contributed by atoms with van der Waals surface area (Å²) in [4.78, 5) is 18.2. The average molecular weight is 624 g/mol. The normalized spacial score (nSPS) is 11.3. The van der Waals surface area contributed by atoms with Crippen molar-refractivity contribution >= 4 is 60.6 Å². The van der Waals surface area contributed by atoms with Crippen LogP contribution in [-0.4, -0.2) is 15.9 Å². The molecule has 36 heavy (non-hydrogen) atoms. The smallest absolute Gasteiger partial charge is 0.282 e. The Labute approximate surface area is 229 Å². The third kappa shape index (κ3) is 5.28. The van der Waals surface area contributed by atoms with Gasteiger partial charge in [-0.15, -0.1) is 0 Å². The lowest BCUT2D eigenvalue weighted by Crippen LogP contribution is -2.20. The van der Waals surface area contributed by atoms with Crippen molar-refractivity contribution in [3.63, 3.8) is 0 Å². The molecule has 0 aliphatic carbocycles. The molecule has 0 fully saturated rings. The highest BCUT2D eigenvalue weighted by molar-refractivity contribution is 9.10. The Morgan fingerprint density at radius 1 is 0.944 bits per heavy atom. The van der Waals surface area contributed by atoms with Gasteiger partial charge in [-0.1, -0.05) is 82.1 Å². The Hall–Kier alpha value is -3.26. The van der Waals surface area contributed by atoms with Crippen molar-refractivity contribution in [3.8, 4) is 17.1 Å². The minimum atomic E-state index is -0.269.